The van der Waals surface area contributed by atoms with Crippen molar-refractivity contribution in [1.29, 1.82) is 0 Å². The lowest BCUT2D eigenvalue weighted by molar-refractivity contribution is -0.142. The molecule has 0 amide bonds. The largest absolute Gasteiger partial charge is 0.481 e. The summed E-state index contributed by atoms with van der Waals surface area (Å²) in [7, 11) is 0. The number of hydrogen-bond acceptors (Lipinski definition) is 2. The molecule has 70 valence electrons. The molecule has 2 unspecified atom stereocenters. The zero-order chi connectivity index (χ0) is 8.97. The van der Waals surface area contributed by atoms with Gasteiger partial charge < -0.3 is 10.8 Å². The summed E-state index contributed by atoms with van der Waals surface area (Å²) in [5.41, 5.74) is 5.77. The highest BCUT2D eigenvalue weighted by molar-refractivity contribution is 5.69. The minimum atomic E-state index is -0.649. The predicted octanol–water partition coefficient (Wildman–Crippen LogP) is 1.37. The zero-order valence-electron chi connectivity index (χ0n) is 7.33. The van der Waals surface area contributed by atoms with Crippen molar-refractivity contribution in [2.75, 3.05) is 0 Å². The van der Waals surface area contributed by atoms with E-state index in [-0.39, 0.29) is 12.0 Å². The molecule has 0 aromatic heterocycles. The van der Waals surface area contributed by atoms with Crippen LogP contribution in [0.4, 0.5) is 0 Å². The molecule has 3 N–H and O–H groups in total. The third-order valence-corrected chi connectivity index (χ3v) is 2.61. The van der Waals surface area contributed by atoms with Gasteiger partial charge in [-0.2, -0.15) is 0 Å². The molecule has 2 atom stereocenters. The summed E-state index contributed by atoms with van der Waals surface area (Å²) in [6, 6.07) is 0.229. The lowest BCUT2D eigenvalue weighted by Gasteiger charge is -2.19. The van der Waals surface area contributed by atoms with Crippen LogP contribution in [-0.4, -0.2) is 17.1 Å². The first-order valence-corrected chi connectivity index (χ1v) is 4.68. The van der Waals surface area contributed by atoms with Crippen LogP contribution < -0.4 is 5.73 Å². The van der Waals surface area contributed by atoms with Gasteiger partial charge in [-0.1, -0.05) is 12.8 Å². The third-order valence-electron chi connectivity index (χ3n) is 2.61. The van der Waals surface area contributed by atoms with Gasteiger partial charge in [0, 0.05) is 6.04 Å². The van der Waals surface area contributed by atoms with Gasteiger partial charge in [0.05, 0.1) is 5.92 Å². The van der Waals surface area contributed by atoms with Crippen LogP contribution in [0.25, 0.3) is 0 Å². The first kappa shape index (κ1) is 9.52. The minimum absolute atomic E-state index is 0.142. The van der Waals surface area contributed by atoms with E-state index in [1.165, 1.54) is 0 Å². The Morgan fingerprint density at radius 1 is 1.17 bits per heavy atom. The Morgan fingerprint density at radius 2 is 1.83 bits per heavy atom. The highest BCUT2D eigenvalue weighted by Crippen LogP contribution is 2.21. The van der Waals surface area contributed by atoms with E-state index in [1.807, 2.05) is 0 Å². The van der Waals surface area contributed by atoms with Crippen molar-refractivity contribution in [1.82, 2.24) is 0 Å². The quantitative estimate of drug-likeness (QED) is 0.626. The third kappa shape index (κ3) is 2.81. The molecule has 0 spiro atoms. The van der Waals surface area contributed by atoms with Crippen molar-refractivity contribution in [2.45, 2.75) is 44.6 Å². The van der Waals surface area contributed by atoms with Gasteiger partial charge in [0.25, 0.3) is 0 Å². The van der Waals surface area contributed by atoms with Crippen molar-refractivity contribution in [3.63, 3.8) is 0 Å². The molecule has 0 saturated heterocycles. The van der Waals surface area contributed by atoms with Gasteiger partial charge in [0.2, 0.25) is 0 Å². The lowest BCUT2D eigenvalue weighted by atomic mass is 9.89. The summed E-state index contributed by atoms with van der Waals surface area (Å²) in [5.74, 6) is -0.791. The van der Waals surface area contributed by atoms with E-state index in [0.717, 1.165) is 38.5 Å². The predicted molar refractivity (Wildman–Crippen MR) is 46.8 cm³/mol. The molecule has 1 rings (SSSR count). The van der Waals surface area contributed by atoms with E-state index < -0.39 is 5.97 Å². The number of nitrogens with two attached hydrogens (primary N) is 1. The standard InChI is InChI=1S/C9H17NO2/c10-8-4-2-1-3-7(5-6-8)9(11)12/h7-8H,1-6,10H2,(H,11,12). The van der Waals surface area contributed by atoms with Gasteiger partial charge in [-0.05, 0) is 25.7 Å². The molecule has 1 aliphatic carbocycles. The van der Waals surface area contributed by atoms with Gasteiger partial charge in [0.15, 0.2) is 0 Å². The van der Waals surface area contributed by atoms with Gasteiger partial charge in [0.1, 0.15) is 0 Å². The number of carboxylic acid groups (broad SMARTS) is 1. The van der Waals surface area contributed by atoms with Crippen LogP contribution in [0.2, 0.25) is 0 Å². The van der Waals surface area contributed by atoms with Crippen molar-refractivity contribution in [2.24, 2.45) is 11.7 Å². The van der Waals surface area contributed by atoms with Crippen molar-refractivity contribution in [3.8, 4) is 0 Å². The molecule has 0 aliphatic heterocycles. The van der Waals surface area contributed by atoms with Crippen LogP contribution in [0.5, 0.6) is 0 Å². The second-order valence-electron chi connectivity index (χ2n) is 3.66. The van der Waals surface area contributed by atoms with Gasteiger partial charge in [-0.15, -0.1) is 0 Å². The molecule has 1 fully saturated rings. The number of hydrogen-bond donors (Lipinski definition) is 2. The second-order valence-corrected chi connectivity index (χ2v) is 3.66. The van der Waals surface area contributed by atoms with Crippen molar-refractivity contribution >= 4 is 5.97 Å². The Kier molecular flexibility index (Phi) is 3.53. The normalized spacial score (nSPS) is 32.1. The maximum atomic E-state index is 10.7. The molecule has 1 aliphatic rings. The SMILES string of the molecule is NC1CCCCC(C(=O)O)CC1. The molecule has 12 heavy (non-hydrogen) atoms. The van der Waals surface area contributed by atoms with Crippen molar-refractivity contribution < 1.29 is 9.90 Å². The minimum Gasteiger partial charge on any atom is -0.481 e. The van der Waals surface area contributed by atoms with E-state index in [0.29, 0.717) is 0 Å². The van der Waals surface area contributed by atoms with Gasteiger partial charge in [-0.25, -0.2) is 0 Å². The molecule has 3 heteroatoms. The van der Waals surface area contributed by atoms with Crippen LogP contribution in [-0.2, 0) is 4.79 Å². The van der Waals surface area contributed by atoms with E-state index in [1.54, 1.807) is 0 Å². The van der Waals surface area contributed by atoms with Crippen LogP contribution in [0.3, 0.4) is 0 Å². The molecule has 3 nitrogen and oxygen atoms in total. The fourth-order valence-electron chi connectivity index (χ4n) is 1.75. The number of carboxylic acids is 1. The highest BCUT2D eigenvalue weighted by atomic mass is 16.4. The topological polar surface area (TPSA) is 63.3 Å². The van der Waals surface area contributed by atoms with Gasteiger partial charge in [-0.3, -0.25) is 4.79 Å². The number of carbonyl (C=O) groups is 1. The van der Waals surface area contributed by atoms with Crippen LogP contribution in [0.1, 0.15) is 38.5 Å². The molecule has 0 bridgehead atoms. The zero-order valence-corrected chi connectivity index (χ0v) is 7.33. The van der Waals surface area contributed by atoms with Crippen LogP contribution in [0.15, 0.2) is 0 Å². The highest BCUT2D eigenvalue weighted by Gasteiger charge is 2.20. The maximum absolute atomic E-state index is 10.7. The molecule has 0 aromatic carbocycles. The fraction of sp³-hybridized carbons (Fsp3) is 0.889. The summed E-state index contributed by atoms with van der Waals surface area (Å²) in [4.78, 5) is 10.7. The van der Waals surface area contributed by atoms with Crippen molar-refractivity contribution in [3.05, 3.63) is 0 Å². The summed E-state index contributed by atoms with van der Waals surface area (Å²) in [5, 5.41) is 8.80. The van der Waals surface area contributed by atoms with Gasteiger partial charge >= 0.3 is 5.97 Å². The smallest absolute Gasteiger partial charge is 0.306 e. The van der Waals surface area contributed by atoms with E-state index >= 15 is 0 Å². The average molecular weight is 171 g/mol. The second kappa shape index (κ2) is 4.45. The molecule has 0 radical (unpaired) electrons. The summed E-state index contributed by atoms with van der Waals surface area (Å²) in [6.07, 6.45) is 5.64. The van der Waals surface area contributed by atoms with Crippen LogP contribution in [0, 0.1) is 5.92 Å². The number of aliphatic carboxylic acids is 1. The van der Waals surface area contributed by atoms with E-state index in [4.69, 9.17) is 10.8 Å². The molecule has 0 heterocycles. The molecule has 1 saturated carbocycles. The first-order chi connectivity index (χ1) is 5.70. The monoisotopic (exact) mass is 171 g/mol. The Morgan fingerprint density at radius 3 is 2.50 bits per heavy atom. The Labute approximate surface area is 72.9 Å². The number of rotatable bonds is 1. The fourth-order valence-corrected chi connectivity index (χ4v) is 1.75. The first-order valence-electron chi connectivity index (χ1n) is 4.68. The van der Waals surface area contributed by atoms with E-state index in [2.05, 4.69) is 0 Å². The molecular formula is C9H17NO2. The Hall–Kier alpha value is -0.570. The Bertz CT molecular complexity index is 159. The van der Waals surface area contributed by atoms with E-state index in [9.17, 15) is 4.79 Å². The summed E-state index contributed by atoms with van der Waals surface area (Å²) < 4.78 is 0. The molecule has 0 aromatic rings. The average Bonchev–Trinajstić information content (AvgIpc) is 1.97. The van der Waals surface area contributed by atoms with Crippen LogP contribution >= 0.6 is 0 Å². The Balaban J connectivity index is 2.39. The maximum Gasteiger partial charge on any atom is 0.306 e. The molecular weight excluding hydrogens is 154 g/mol. The lowest BCUT2D eigenvalue weighted by Crippen LogP contribution is -2.25. The summed E-state index contributed by atoms with van der Waals surface area (Å²) >= 11 is 0. The summed E-state index contributed by atoms with van der Waals surface area (Å²) in [6.45, 7) is 0.